The van der Waals surface area contributed by atoms with Crippen molar-refractivity contribution in [2.75, 3.05) is 31.6 Å². The summed E-state index contributed by atoms with van der Waals surface area (Å²) >= 11 is 5.25. The van der Waals surface area contributed by atoms with Crippen molar-refractivity contribution in [2.45, 2.75) is 0 Å². The molecule has 0 aliphatic carbocycles. The molecule has 3 nitrogen and oxygen atoms in total. The highest BCUT2D eigenvalue weighted by Crippen LogP contribution is 2.10. The summed E-state index contributed by atoms with van der Waals surface area (Å²) in [6, 6.07) is 6.15. The molecule has 0 spiro atoms. The quantitative estimate of drug-likeness (QED) is 0.757. The smallest absolute Gasteiger partial charge is 0.173 e. The summed E-state index contributed by atoms with van der Waals surface area (Å²) in [5.41, 5.74) is 0.804. The molecule has 1 aliphatic heterocycles. The first-order chi connectivity index (χ1) is 7.75. The number of rotatable bonds is 1. The molecule has 1 aromatic carbocycles. The number of ether oxygens (including phenoxy) is 1. The summed E-state index contributed by atoms with van der Waals surface area (Å²) in [5, 5.41) is 3.74. The number of nitrogens with zero attached hydrogens (tertiary/aromatic N) is 1. The second-order valence-corrected chi connectivity index (χ2v) is 3.92. The molecular weight excluding hydrogens is 227 g/mol. The Bertz CT molecular complexity index is 363. The maximum Gasteiger partial charge on any atom is 0.173 e. The normalized spacial score (nSPS) is 15.9. The zero-order valence-corrected chi connectivity index (χ0v) is 9.60. The minimum Gasteiger partial charge on any atom is -0.378 e. The monoisotopic (exact) mass is 240 g/mol. The molecular formula is C11H13FN2OS. The van der Waals surface area contributed by atoms with Crippen LogP contribution in [0.4, 0.5) is 10.1 Å². The molecule has 1 aromatic rings. The minimum absolute atomic E-state index is 0.247. The summed E-state index contributed by atoms with van der Waals surface area (Å²) < 4.78 is 17.9. The van der Waals surface area contributed by atoms with Crippen molar-refractivity contribution < 1.29 is 9.13 Å². The highest BCUT2D eigenvalue weighted by atomic mass is 32.1. The van der Waals surface area contributed by atoms with Crippen LogP contribution in [0.15, 0.2) is 24.3 Å². The average molecular weight is 240 g/mol. The fraction of sp³-hybridized carbons (Fsp3) is 0.364. The van der Waals surface area contributed by atoms with E-state index >= 15 is 0 Å². The Morgan fingerprint density at radius 2 is 1.88 bits per heavy atom. The summed E-state index contributed by atoms with van der Waals surface area (Å²) in [6.45, 7) is 3.00. The number of thiocarbonyl (C=S) groups is 1. The van der Waals surface area contributed by atoms with Crippen LogP contribution in [0.1, 0.15) is 0 Å². The molecule has 1 heterocycles. The van der Waals surface area contributed by atoms with Gasteiger partial charge >= 0.3 is 0 Å². The number of morpholine rings is 1. The molecule has 0 amide bonds. The molecule has 0 atom stereocenters. The number of anilines is 1. The lowest BCUT2D eigenvalue weighted by Crippen LogP contribution is -2.42. The molecule has 0 bridgehead atoms. The summed E-state index contributed by atoms with van der Waals surface area (Å²) in [6.07, 6.45) is 0. The minimum atomic E-state index is -0.247. The zero-order valence-electron chi connectivity index (χ0n) is 8.78. The highest BCUT2D eigenvalue weighted by molar-refractivity contribution is 7.80. The Morgan fingerprint density at radius 3 is 2.50 bits per heavy atom. The molecule has 0 aromatic heterocycles. The van der Waals surface area contributed by atoms with Crippen molar-refractivity contribution in [1.29, 1.82) is 0 Å². The molecule has 16 heavy (non-hydrogen) atoms. The van der Waals surface area contributed by atoms with Gasteiger partial charge in [0.25, 0.3) is 0 Å². The summed E-state index contributed by atoms with van der Waals surface area (Å²) in [5.74, 6) is -0.247. The van der Waals surface area contributed by atoms with Gasteiger partial charge in [-0.05, 0) is 36.5 Å². The first-order valence-corrected chi connectivity index (χ1v) is 5.56. The largest absolute Gasteiger partial charge is 0.378 e. The first kappa shape index (κ1) is 11.3. The van der Waals surface area contributed by atoms with Crippen LogP contribution in [-0.2, 0) is 4.74 Å². The van der Waals surface area contributed by atoms with E-state index in [0.29, 0.717) is 18.3 Å². The van der Waals surface area contributed by atoms with Crippen molar-refractivity contribution >= 4 is 23.0 Å². The van der Waals surface area contributed by atoms with Crippen LogP contribution in [0.5, 0.6) is 0 Å². The molecule has 1 N–H and O–H groups in total. The van der Waals surface area contributed by atoms with Gasteiger partial charge in [0.15, 0.2) is 5.11 Å². The van der Waals surface area contributed by atoms with E-state index in [4.69, 9.17) is 17.0 Å². The van der Waals surface area contributed by atoms with E-state index in [0.717, 1.165) is 18.8 Å². The third kappa shape index (κ3) is 2.90. The SMILES string of the molecule is Fc1ccc(NC(=S)N2CCOCC2)cc1. The van der Waals surface area contributed by atoms with Crippen molar-refractivity contribution in [3.05, 3.63) is 30.1 Å². The van der Waals surface area contributed by atoms with Crippen LogP contribution < -0.4 is 5.32 Å². The topological polar surface area (TPSA) is 24.5 Å². The summed E-state index contributed by atoms with van der Waals surface area (Å²) in [4.78, 5) is 2.04. The van der Waals surface area contributed by atoms with E-state index < -0.39 is 0 Å². The zero-order chi connectivity index (χ0) is 11.4. The van der Waals surface area contributed by atoms with Gasteiger partial charge in [-0.2, -0.15) is 0 Å². The molecule has 0 unspecified atom stereocenters. The van der Waals surface area contributed by atoms with E-state index in [1.807, 2.05) is 4.90 Å². The van der Waals surface area contributed by atoms with Gasteiger partial charge in [-0.25, -0.2) is 4.39 Å². The Morgan fingerprint density at radius 1 is 1.25 bits per heavy atom. The maximum absolute atomic E-state index is 12.7. The lowest BCUT2D eigenvalue weighted by atomic mass is 10.3. The van der Waals surface area contributed by atoms with Gasteiger partial charge in [0, 0.05) is 18.8 Å². The van der Waals surface area contributed by atoms with Gasteiger partial charge in [-0.1, -0.05) is 0 Å². The fourth-order valence-electron chi connectivity index (χ4n) is 1.50. The third-order valence-electron chi connectivity index (χ3n) is 2.39. The molecule has 1 saturated heterocycles. The predicted molar refractivity (Wildman–Crippen MR) is 65.0 cm³/mol. The van der Waals surface area contributed by atoms with Gasteiger partial charge in [0.05, 0.1) is 13.2 Å². The number of hydrogen-bond donors (Lipinski definition) is 1. The van der Waals surface area contributed by atoms with Crippen LogP contribution >= 0.6 is 12.2 Å². The standard InChI is InChI=1S/C11H13FN2OS/c12-9-1-3-10(4-2-9)13-11(16)14-5-7-15-8-6-14/h1-4H,5-8H2,(H,13,16). The van der Waals surface area contributed by atoms with Crippen molar-refractivity contribution in [1.82, 2.24) is 4.90 Å². The number of benzene rings is 1. The van der Waals surface area contributed by atoms with Gasteiger partial charge in [0.2, 0.25) is 0 Å². The Balaban J connectivity index is 1.93. The van der Waals surface area contributed by atoms with Crippen LogP contribution in [0.2, 0.25) is 0 Å². The summed E-state index contributed by atoms with van der Waals surface area (Å²) in [7, 11) is 0. The van der Waals surface area contributed by atoms with Gasteiger partial charge in [-0.3, -0.25) is 0 Å². The van der Waals surface area contributed by atoms with Crippen molar-refractivity contribution in [3.63, 3.8) is 0 Å². The van der Waals surface area contributed by atoms with Crippen molar-refractivity contribution in [3.8, 4) is 0 Å². The average Bonchev–Trinajstić information content (AvgIpc) is 2.33. The molecule has 86 valence electrons. The van der Waals surface area contributed by atoms with Crippen molar-refractivity contribution in [2.24, 2.45) is 0 Å². The lowest BCUT2D eigenvalue weighted by Gasteiger charge is -2.29. The number of nitrogens with one attached hydrogen (secondary N) is 1. The second-order valence-electron chi connectivity index (χ2n) is 3.54. The van der Waals surface area contributed by atoms with E-state index in [2.05, 4.69) is 5.32 Å². The predicted octanol–water partition coefficient (Wildman–Crippen LogP) is 1.85. The number of hydrogen-bond acceptors (Lipinski definition) is 2. The van der Waals surface area contributed by atoms with Gasteiger partial charge in [-0.15, -0.1) is 0 Å². The molecule has 1 aliphatic rings. The highest BCUT2D eigenvalue weighted by Gasteiger charge is 2.13. The van der Waals surface area contributed by atoms with Crippen LogP contribution in [0, 0.1) is 5.82 Å². The van der Waals surface area contributed by atoms with E-state index in [1.54, 1.807) is 12.1 Å². The maximum atomic E-state index is 12.7. The van der Waals surface area contributed by atoms with Gasteiger partial charge in [0.1, 0.15) is 5.82 Å². The third-order valence-corrected chi connectivity index (χ3v) is 2.75. The second kappa shape index (κ2) is 5.23. The Labute approximate surface area is 99.2 Å². The van der Waals surface area contributed by atoms with Crippen LogP contribution in [-0.4, -0.2) is 36.3 Å². The van der Waals surface area contributed by atoms with E-state index in [-0.39, 0.29) is 5.82 Å². The van der Waals surface area contributed by atoms with E-state index in [1.165, 1.54) is 12.1 Å². The van der Waals surface area contributed by atoms with Crippen LogP contribution in [0.3, 0.4) is 0 Å². The molecule has 1 fully saturated rings. The molecule has 0 saturated carbocycles. The Hall–Kier alpha value is -1.20. The molecule has 2 rings (SSSR count). The van der Waals surface area contributed by atoms with Crippen LogP contribution in [0.25, 0.3) is 0 Å². The fourth-order valence-corrected chi connectivity index (χ4v) is 1.80. The molecule has 5 heteroatoms. The van der Waals surface area contributed by atoms with E-state index in [9.17, 15) is 4.39 Å². The number of halogens is 1. The lowest BCUT2D eigenvalue weighted by molar-refractivity contribution is 0.0690. The Kier molecular flexibility index (Phi) is 3.69. The first-order valence-electron chi connectivity index (χ1n) is 5.15. The molecule has 0 radical (unpaired) electrons. The van der Waals surface area contributed by atoms with Gasteiger partial charge < -0.3 is 15.0 Å².